The Bertz CT molecular complexity index is 828. The fraction of sp³-hybridized carbons (Fsp3) is 0.105. The minimum Gasteiger partial charge on any atom is -0.284 e. The summed E-state index contributed by atoms with van der Waals surface area (Å²) in [5, 5.41) is 0. The van der Waals surface area contributed by atoms with Crippen LogP contribution in [0.25, 0.3) is 11.1 Å². The summed E-state index contributed by atoms with van der Waals surface area (Å²) in [6.45, 7) is 0. The van der Waals surface area contributed by atoms with Crippen LogP contribution in [0.5, 0.6) is 0 Å². The second-order valence-electron chi connectivity index (χ2n) is 5.25. The Labute approximate surface area is 141 Å². The van der Waals surface area contributed by atoms with Crippen LogP contribution in [-0.4, -0.2) is 12.0 Å². The molecule has 1 nitrogen and oxygen atoms in total. The van der Waals surface area contributed by atoms with E-state index >= 15 is 0 Å². The third kappa shape index (κ3) is 3.46. The summed E-state index contributed by atoms with van der Waals surface area (Å²) in [5.74, 6) is -1.30. The standard InChI is InChI=1S/C19H13F3OS/c20-19(21,22)18(23)17-11-13(12-24-14-7-3-1-4-8-14)15-9-5-2-6-10-16(15)17/h1-11H,12H2. The van der Waals surface area contributed by atoms with E-state index in [1.165, 1.54) is 17.8 Å². The number of Topliss-reactive ketones (excluding diaryl/α,β-unsaturated/α-hetero) is 1. The number of carbonyl (C=O) groups is 1. The van der Waals surface area contributed by atoms with Crippen LogP contribution in [0.3, 0.4) is 0 Å². The lowest BCUT2D eigenvalue weighted by molar-refractivity contribution is -0.0884. The molecule has 0 aromatic heterocycles. The summed E-state index contributed by atoms with van der Waals surface area (Å²) in [6.07, 6.45) is -4.88. The molecule has 3 rings (SSSR count). The van der Waals surface area contributed by atoms with Crippen molar-refractivity contribution in [3.8, 4) is 11.1 Å². The van der Waals surface area contributed by atoms with E-state index in [0.717, 1.165) is 10.5 Å². The van der Waals surface area contributed by atoms with Gasteiger partial charge in [-0.05, 0) is 34.9 Å². The Kier molecular flexibility index (Phi) is 4.62. The Morgan fingerprint density at radius 2 is 1.46 bits per heavy atom. The van der Waals surface area contributed by atoms with Gasteiger partial charge < -0.3 is 0 Å². The van der Waals surface area contributed by atoms with Gasteiger partial charge in [-0.15, -0.1) is 11.8 Å². The molecule has 0 atom stereocenters. The van der Waals surface area contributed by atoms with E-state index in [2.05, 4.69) is 0 Å². The lowest BCUT2D eigenvalue weighted by atomic mass is 10.1. The lowest BCUT2D eigenvalue weighted by Gasteiger charge is -2.05. The van der Waals surface area contributed by atoms with E-state index in [0.29, 0.717) is 16.9 Å². The van der Waals surface area contributed by atoms with Crippen molar-refractivity contribution in [3.05, 3.63) is 77.9 Å². The van der Waals surface area contributed by atoms with Crippen molar-refractivity contribution in [2.75, 3.05) is 0 Å². The van der Waals surface area contributed by atoms with Gasteiger partial charge in [0.05, 0.1) is 0 Å². The van der Waals surface area contributed by atoms with E-state index in [4.69, 9.17) is 0 Å². The summed E-state index contributed by atoms with van der Waals surface area (Å²) < 4.78 is 38.6. The summed E-state index contributed by atoms with van der Waals surface area (Å²) in [4.78, 5) is 12.8. The zero-order chi connectivity index (χ0) is 17.2. The summed E-state index contributed by atoms with van der Waals surface area (Å²) in [6, 6.07) is 19.4. The molecular weight excluding hydrogens is 333 g/mol. The molecule has 1 aromatic rings. The third-order valence-corrected chi connectivity index (χ3v) is 4.69. The van der Waals surface area contributed by atoms with Gasteiger partial charge in [-0.25, -0.2) is 0 Å². The van der Waals surface area contributed by atoms with Gasteiger partial charge in [0.15, 0.2) is 0 Å². The van der Waals surface area contributed by atoms with Crippen molar-refractivity contribution in [1.29, 1.82) is 0 Å². The molecule has 0 unspecified atom stereocenters. The quantitative estimate of drug-likeness (QED) is 0.437. The Balaban J connectivity index is 1.98. The third-order valence-electron chi connectivity index (χ3n) is 3.63. The van der Waals surface area contributed by atoms with Gasteiger partial charge in [-0.3, -0.25) is 4.79 Å². The SMILES string of the molecule is O=C(c1cc(CSc2ccccc2)c2cccccc1-2)C(F)(F)F. The normalized spacial score (nSPS) is 11.6. The van der Waals surface area contributed by atoms with Crippen molar-refractivity contribution >= 4 is 17.5 Å². The van der Waals surface area contributed by atoms with Crippen molar-refractivity contribution in [3.63, 3.8) is 0 Å². The highest BCUT2D eigenvalue weighted by molar-refractivity contribution is 7.98. The molecule has 0 spiro atoms. The first-order chi connectivity index (χ1) is 11.5. The summed E-state index contributed by atoms with van der Waals surface area (Å²) >= 11 is 1.52. The number of alkyl halides is 3. The average Bonchev–Trinajstić information content (AvgIpc) is 2.73. The maximum atomic E-state index is 12.9. The van der Waals surface area contributed by atoms with Gasteiger partial charge in [-0.1, -0.05) is 48.5 Å². The van der Waals surface area contributed by atoms with Gasteiger partial charge in [0.2, 0.25) is 0 Å². The molecule has 0 fully saturated rings. The fourth-order valence-corrected chi connectivity index (χ4v) is 3.44. The smallest absolute Gasteiger partial charge is 0.284 e. The summed E-state index contributed by atoms with van der Waals surface area (Å²) in [7, 11) is 0. The maximum absolute atomic E-state index is 12.9. The van der Waals surface area contributed by atoms with Crippen LogP contribution in [0.1, 0.15) is 15.9 Å². The van der Waals surface area contributed by atoms with Crippen LogP contribution in [0.15, 0.2) is 71.6 Å². The van der Waals surface area contributed by atoms with Crippen LogP contribution >= 0.6 is 11.8 Å². The zero-order valence-electron chi connectivity index (χ0n) is 12.5. The predicted octanol–water partition coefficient (Wildman–Crippen LogP) is 5.83. The van der Waals surface area contributed by atoms with Crippen molar-refractivity contribution < 1.29 is 18.0 Å². The van der Waals surface area contributed by atoms with Gasteiger partial charge in [0, 0.05) is 16.2 Å². The number of thioether (sulfide) groups is 1. The molecule has 0 amide bonds. The first-order valence-electron chi connectivity index (χ1n) is 7.27. The molecule has 0 heterocycles. The number of hydrogen-bond acceptors (Lipinski definition) is 2. The number of fused-ring (bicyclic) bond motifs is 1. The molecule has 0 saturated heterocycles. The van der Waals surface area contributed by atoms with Crippen molar-refractivity contribution in [2.24, 2.45) is 0 Å². The van der Waals surface area contributed by atoms with Gasteiger partial charge in [0.25, 0.3) is 5.78 Å². The van der Waals surface area contributed by atoms with Gasteiger partial charge in [-0.2, -0.15) is 13.2 Å². The molecule has 0 aliphatic heterocycles. The van der Waals surface area contributed by atoms with Crippen LogP contribution in [-0.2, 0) is 5.75 Å². The zero-order valence-corrected chi connectivity index (χ0v) is 13.3. The first kappa shape index (κ1) is 16.6. The minimum absolute atomic E-state index is 0.280. The number of halogens is 3. The number of ketones is 1. The predicted molar refractivity (Wildman–Crippen MR) is 89.5 cm³/mol. The van der Waals surface area contributed by atoms with Crippen LogP contribution in [0.2, 0.25) is 0 Å². The highest BCUT2D eigenvalue weighted by atomic mass is 32.2. The molecule has 0 radical (unpaired) electrons. The monoisotopic (exact) mass is 346 g/mol. The van der Waals surface area contributed by atoms with Gasteiger partial charge in [0.1, 0.15) is 0 Å². The van der Waals surface area contributed by atoms with Crippen LogP contribution in [0, 0.1) is 0 Å². The Morgan fingerprint density at radius 1 is 0.875 bits per heavy atom. The molecule has 0 saturated carbocycles. The average molecular weight is 346 g/mol. The van der Waals surface area contributed by atoms with Gasteiger partial charge >= 0.3 is 6.18 Å². The highest BCUT2D eigenvalue weighted by Crippen LogP contribution is 2.38. The van der Waals surface area contributed by atoms with Crippen LogP contribution in [0.4, 0.5) is 13.2 Å². The van der Waals surface area contributed by atoms with E-state index in [1.54, 1.807) is 30.3 Å². The fourth-order valence-electron chi connectivity index (χ4n) is 2.53. The Morgan fingerprint density at radius 3 is 2.08 bits per heavy atom. The number of rotatable bonds is 4. The Hall–Kier alpha value is -2.27. The molecule has 1 aromatic carbocycles. The first-order valence-corrected chi connectivity index (χ1v) is 8.25. The molecule has 2 aliphatic carbocycles. The molecule has 122 valence electrons. The van der Waals surface area contributed by atoms with Crippen molar-refractivity contribution in [1.82, 2.24) is 0 Å². The van der Waals surface area contributed by atoms with E-state index in [9.17, 15) is 18.0 Å². The van der Waals surface area contributed by atoms with E-state index in [1.807, 2.05) is 30.3 Å². The summed E-state index contributed by atoms with van der Waals surface area (Å²) in [5.41, 5.74) is 1.46. The lowest BCUT2D eigenvalue weighted by Crippen LogP contribution is -2.22. The van der Waals surface area contributed by atoms with E-state index < -0.39 is 12.0 Å². The molecule has 2 aliphatic rings. The van der Waals surface area contributed by atoms with Crippen LogP contribution < -0.4 is 0 Å². The molecule has 24 heavy (non-hydrogen) atoms. The van der Waals surface area contributed by atoms with E-state index in [-0.39, 0.29) is 5.56 Å². The molecule has 0 bridgehead atoms. The largest absolute Gasteiger partial charge is 0.454 e. The maximum Gasteiger partial charge on any atom is 0.454 e. The number of carbonyl (C=O) groups excluding carboxylic acids is 1. The second kappa shape index (κ2) is 6.69. The molecule has 0 N–H and O–H groups in total. The number of hydrogen-bond donors (Lipinski definition) is 0. The minimum atomic E-state index is -4.88. The topological polar surface area (TPSA) is 17.1 Å². The molecular formula is C19H13F3OS. The highest BCUT2D eigenvalue weighted by Gasteiger charge is 2.41. The second-order valence-corrected chi connectivity index (χ2v) is 6.30. The number of benzene rings is 1. The molecule has 5 heteroatoms. The van der Waals surface area contributed by atoms with Crippen molar-refractivity contribution in [2.45, 2.75) is 16.8 Å².